The molecule has 0 spiro atoms. The van der Waals surface area contributed by atoms with Crippen LogP contribution in [0.3, 0.4) is 0 Å². The summed E-state index contributed by atoms with van der Waals surface area (Å²) in [6.07, 6.45) is 6.37. The van der Waals surface area contributed by atoms with Crippen LogP contribution in [0.5, 0.6) is 0 Å². The summed E-state index contributed by atoms with van der Waals surface area (Å²) in [5.74, 6) is 0. The first-order valence-electron chi connectivity index (χ1n) is 5.61. The minimum Gasteiger partial charge on any atom is -0.379 e. The third kappa shape index (κ3) is 3.87. The van der Waals surface area contributed by atoms with Crippen LogP contribution >= 0.6 is 15.9 Å². The fraction of sp³-hybridized carbons (Fsp3) is 1.00. The van der Waals surface area contributed by atoms with Gasteiger partial charge < -0.3 is 9.47 Å². The molecule has 0 aromatic carbocycles. The van der Waals surface area contributed by atoms with E-state index in [1.807, 2.05) is 6.92 Å². The van der Waals surface area contributed by atoms with Crippen LogP contribution in [-0.4, -0.2) is 30.8 Å². The Balaban J connectivity index is 2.22. The molecule has 1 saturated carbocycles. The number of alkyl halides is 1. The van der Waals surface area contributed by atoms with Gasteiger partial charge in [-0.15, -0.1) is 0 Å². The summed E-state index contributed by atoms with van der Waals surface area (Å²) >= 11 is 3.57. The van der Waals surface area contributed by atoms with Gasteiger partial charge in [-0.1, -0.05) is 35.2 Å². The Morgan fingerprint density at radius 1 is 1.14 bits per heavy atom. The van der Waals surface area contributed by atoms with Gasteiger partial charge in [-0.25, -0.2) is 0 Å². The second-order valence-corrected chi connectivity index (χ2v) is 4.48. The van der Waals surface area contributed by atoms with Crippen molar-refractivity contribution in [3.8, 4) is 0 Å². The van der Waals surface area contributed by atoms with Crippen LogP contribution in [0.15, 0.2) is 0 Å². The molecular weight excluding hydrogens is 244 g/mol. The Kier molecular flexibility index (Phi) is 6.06. The fourth-order valence-electron chi connectivity index (χ4n) is 1.97. The fourth-order valence-corrected chi connectivity index (χ4v) is 2.70. The lowest BCUT2D eigenvalue weighted by molar-refractivity contribution is -0.0710. The molecule has 0 unspecified atom stereocenters. The highest BCUT2D eigenvalue weighted by molar-refractivity contribution is 9.09. The summed E-state index contributed by atoms with van der Waals surface area (Å²) in [6.45, 7) is 4.26. The Bertz CT molecular complexity index is 144. The predicted molar refractivity (Wildman–Crippen MR) is 62.1 cm³/mol. The van der Waals surface area contributed by atoms with Gasteiger partial charge in [-0.05, 0) is 19.8 Å². The second-order valence-electron chi connectivity index (χ2n) is 3.92. The van der Waals surface area contributed by atoms with Crippen molar-refractivity contribution in [3.05, 3.63) is 0 Å². The molecule has 0 bridgehead atoms. The van der Waals surface area contributed by atoms with E-state index in [-0.39, 0.29) is 5.60 Å². The van der Waals surface area contributed by atoms with Gasteiger partial charge in [0.2, 0.25) is 0 Å². The van der Waals surface area contributed by atoms with E-state index in [2.05, 4.69) is 15.9 Å². The van der Waals surface area contributed by atoms with E-state index in [1.165, 1.54) is 32.1 Å². The third-order valence-corrected chi connectivity index (χ3v) is 3.87. The maximum Gasteiger partial charge on any atom is 0.0780 e. The first kappa shape index (κ1) is 12.5. The first-order valence-corrected chi connectivity index (χ1v) is 6.73. The van der Waals surface area contributed by atoms with Gasteiger partial charge >= 0.3 is 0 Å². The van der Waals surface area contributed by atoms with E-state index in [0.717, 1.165) is 25.2 Å². The molecule has 0 aromatic rings. The SMILES string of the molecule is CCOCCOC1(CBr)CCCCC1. The zero-order chi connectivity index (χ0) is 10.3. The summed E-state index contributed by atoms with van der Waals surface area (Å²) in [4.78, 5) is 0. The lowest BCUT2D eigenvalue weighted by Crippen LogP contribution is -2.37. The minimum absolute atomic E-state index is 0.106. The van der Waals surface area contributed by atoms with Crippen molar-refractivity contribution in [2.24, 2.45) is 0 Å². The Hall–Kier alpha value is 0.400. The number of halogens is 1. The third-order valence-electron chi connectivity index (χ3n) is 2.85. The van der Waals surface area contributed by atoms with Crippen LogP contribution in [0.4, 0.5) is 0 Å². The van der Waals surface area contributed by atoms with E-state index in [4.69, 9.17) is 9.47 Å². The van der Waals surface area contributed by atoms with Gasteiger partial charge in [0, 0.05) is 11.9 Å². The van der Waals surface area contributed by atoms with Crippen LogP contribution in [0.25, 0.3) is 0 Å². The molecule has 2 nitrogen and oxygen atoms in total. The summed E-state index contributed by atoms with van der Waals surface area (Å²) < 4.78 is 11.2. The maximum absolute atomic E-state index is 5.95. The summed E-state index contributed by atoms with van der Waals surface area (Å²) in [5.41, 5.74) is 0.106. The minimum atomic E-state index is 0.106. The van der Waals surface area contributed by atoms with Gasteiger partial charge in [0.1, 0.15) is 0 Å². The molecule has 14 heavy (non-hydrogen) atoms. The van der Waals surface area contributed by atoms with Crippen LogP contribution < -0.4 is 0 Å². The smallest absolute Gasteiger partial charge is 0.0780 e. The van der Waals surface area contributed by atoms with E-state index in [9.17, 15) is 0 Å². The Labute approximate surface area is 95.5 Å². The van der Waals surface area contributed by atoms with E-state index >= 15 is 0 Å². The zero-order valence-electron chi connectivity index (χ0n) is 9.06. The molecule has 0 N–H and O–H groups in total. The van der Waals surface area contributed by atoms with E-state index in [0.29, 0.717) is 0 Å². The number of hydrogen-bond donors (Lipinski definition) is 0. The normalized spacial score (nSPS) is 21.0. The standard InChI is InChI=1S/C11H21BrO2/c1-2-13-8-9-14-11(10-12)6-4-3-5-7-11/h2-10H2,1H3. The average Bonchev–Trinajstić information content (AvgIpc) is 2.26. The van der Waals surface area contributed by atoms with Crippen molar-refractivity contribution in [2.45, 2.75) is 44.6 Å². The molecule has 0 aliphatic heterocycles. The van der Waals surface area contributed by atoms with Crippen molar-refractivity contribution in [2.75, 3.05) is 25.2 Å². The van der Waals surface area contributed by atoms with Gasteiger partial charge in [0.05, 0.1) is 18.8 Å². The molecule has 3 heteroatoms. The van der Waals surface area contributed by atoms with E-state index in [1.54, 1.807) is 0 Å². The highest BCUT2D eigenvalue weighted by atomic mass is 79.9. The van der Waals surface area contributed by atoms with Crippen molar-refractivity contribution in [3.63, 3.8) is 0 Å². The molecule has 0 aromatic heterocycles. The van der Waals surface area contributed by atoms with Gasteiger partial charge in [-0.2, -0.15) is 0 Å². The second kappa shape index (κ2) is 6.81. The van der Waals surface area contributed by atoms with Gasteiger partial charge in [0.25, 0.3) is 0 Å². The largest absolute Gasteiger partial charge is 0.379 e. The maximum atomic E-state index is 5.95. The lowest BCUT2D eigenvalue weighted by Gasteiger charge is -2.35. The summed E-state index contributed by atoms with van der Waals surface area (Å²) in [7, 11) is 0. The number of rotatable bonds is 6. The van der Waals surface area contributed by atoms with Crippen LogP contribution in [0.2, 0.25) is 0 Å². The predicted octanol–water partition coefficient (Wildman–Crippen LogP) is 3.14. The highest BCUT2D eigenvalue weighted by Crippen LogP contribution is 2.32. The lowest BCUT2D eigenvalue weighted by atomic mass is 9.86. The molecule has 0 radical (unpaired) electrons. The Morgan fingerprint density at radius 3 is 2.43 bits per heavy atom. The quantitative estimate of drug-likeness (QED) is 0.542. The molecule has 1 fully saturated rings. The monoisotopic (exact) mass is 264 g/mol. The van der Waals surface area contributed by atoms with Gasteiger partial charge in [0.15, 0.2) is 0 Å². The van der Waals surface area contributed by atoms with E-state index < -0.39 is 0 Å². The topological polar surface area (TPSA) is 18.5 Å². The molecule has 0 atom stereocenters. The Morgan fingerprint density at radius 2 is 1.86 bits per heavy atom. The average molecular weight is 265 g/mol. The summed E-state index contributed by atoms with van der Waals surface area (Å²) in [5, 5.41) is 0.964. The number of hydrogen-bond acceptors (Lipinski definition) is 2. The van der Waals surface area contributed by atoms with Crippen LogP contribution in [-0.2, 0) is 9.47 Å². The van der Waals surface area contributed by atoms with Crippen molar-refractivity contribution < 1.29 is 9.47 Å². The molecule has 0 amide bonds. The molecular formula is C11H21BrO2. The first-order chi connectivity index (χ1) is 6.83. The van der Waals surface area contributed by atoms with Crippen molar-refractivity contribution in [1.82, 2.24) is 0 Å². The molecule has 1 aliphatic rings. The van der Waals surface area contributed by atoms with Crippen molar-refractivity contribution >= 4 is 15.9 Å². The zero-order valence-corrected chi connectivity index (χ0v) is 10.6. The van der Waals surface area contributed by atoms with Crippen LogP contribution in [0.1, 0.15) is 39.0 Å². The van der Waals surface area contributed by atoms with Crippen molar-refractivity contribution in [1.29, 1.82) is 0 Å². The molecule has 0 heterocycles. The molecule has 1 aliphatic carbocycles. The number of ether oxygens (including phenoxy) is 2. The molecule has 1 rings (SSSR count). The molecule has 84 valence electrons. The summed E-state index contributed by atoms with van der Waals surface area (Å²) in [6, 6.07) is 0. The van der Waals surface area contributed by atoms with Crippen LogP contribution in [0, 0.1) is 0 Å². The highest BCUT2D eigenvalue weighted by Gasteiger charge is 2.31. The van der Waals surface area contributed by atoms with Gasteiger partial charge in [-0.3, -0.25) is 0 Å². The molecule has 0 saturated heterocycles.